The molecule has 24 heavy (non-hydrogen) atoms. The minimum atomic E-state index is -3.67. The molecular weight excluding hydrogens is 330 g/mol. The molecule has 0 atom stereocenters. The van der Waals surface area contributed by atoms with E-state index >= 15 is 0 Å². The summed E-state index contributed by atoms with van der Waals surface area (Å²) in [5.74, 6) is 0. The van der Waals surface area contributed by atoms with Crippen molar-refractivity contribution in [2.45, 2.75) is 17.4 Å². The van der Waals surface area contributed by atoms with Gasteiger partial charge in [0.25, 0.3) is 0 Å². The van der Waals surface area contributed by atoms with Gasteiger partial charge in [-0.05, 0) is 24.6 Å². The molecule has 0 aromatic heterocycles. The fourth-order valence-corrected chi connectivity index (χ4v) is 4.30. The highest BCUT2D eigenvalue weighted by Crippen LogP contribution is 2.39. The second-order valence-corrected chi connectivity index (χ2v) is 7.75. The largest absolute Gasteiger partial charge is 0.506 e. The molecular formula is C17H17NO5S. The van der Waals surface area contributed by atoms with Crippen LogP contribution >= 0.6 is 0 Å². The third-order valence-electron chi connectivity index (χ3n) is 4.10. The number of hydrogen-bond donors (Lipinski definition) is 1. The third kappa shape index (κ3) is 2.88. The zero-order valence-corrected chi connectivity index (χ0v) is 13.9. The Bertz CT molecular complexity index is 840. The second kappa shape index (κ2) is 5.92. The van der Waals surface area contributed by atoms with Crippen LogP contribution in [0.3, 0.4) is 0 Å². The van der Waals surface area contributed by atoms with Gasteiger partial charge in [0.15, 0.2) is 5.60 Å². The summed E-state index contributed by atoms with van der Waals surface area (Å²) in [6, 6.07) is 15.3. The topological polar surface area (TPSA) is 83.9 Å². The van der Waals surface area contributed by atoms with Gasteiger partial charge in [-0.3, -0.25) is 0 Å². The van der Waals surface area contributed by atoms with Gasteiger partial charge in [-0.25, -0.2) is 13.2 Å². The number of carboxylic acid groups (broad SMARTS) is 1. The van der Waals surface area contributed by atoms with E-state index in [2.05, 4.69) is 0 Å². The summed E-state index contributed by atoms with van der Waals surface area (Å²) in [5.41, 5.74) is 0.443. The van der Waals surface area contributed by atoms with Crippen molar-refractivity contribution in [1.82, 2.24) is 4.31 Å². The maximum absolute atomic E-state index is 12.7. The Hall–Kier alpha value is -2.38. The highest BCUT2D eigenvalue weighted by atomic mass is 32.2. The molecule has 3 rings (SSSR count). The third-order valence-corrected chi connectivity index (χ3v) is 5.91. The number of ether oxygens (including phenoxy) is 1. The molecule has 2 aromatic carbocycles. The Labute approximate surface area is 140 Å². The van der Waals surface area contributed by atoms with Gasteiger partial charge < -0.3 is 9.84 Å². The molecule has 0 unspecified atom stereocenters. The number of sulfonamides is 1. The van der Waals surface area contributed by atoms with Crippen LogP contribution in [0.4, 0.5) is 4.79 Å². The van der Waals surface area contributed by atoms with E-state index in [1.807, 2.05) is 6.92 Å². The van der Waals surface area contributed by atoms with Crippen LogP contribution in [0.25, 0.3) is 0 Å². The van der Waals surface area contributed by atoms with Crippen LogP contribution in [-0.2, 0) is 20.4 Å². The molecule has 1 N–H and O–H groups in total. The Kier molecular flexibility index (Phi) is 4.06. The van der Waals surface area contributed by atoms with Crippen LogP contribution in [0.5, 0.6) is 0 Å². The quantitative estimate of drug-likeness (QED) is 0.860. The fourth-order valence-electron chi connectivity index (χ4n) is 2.77. The van der Waals surface area contributed by atoms with Gasteiger partial charge >= 0.3 is 6.16 Å². The average Bonchev–Trinajstić information content (AvgIpc) is 2.51. The minimum absolute atomic E-state index is 0.0421. The molecule has 7 heteroatoms. The Morgan fingerprint density at radius 2 is 1.67 bits per heavy atom. The van der Waals surface area contributed by atoms with Gasteiger partial charge in [-0.1, -0.05) is 48.0 Å². The summed E-state index contributed by atoms with van der Waals surface area (Å²) in [6.07, 6.45) is -1.42. The van der Waals surface area contributed by atoms with Crippen LogP contribution in [-0.4, -0.2) is 37.1 Å². The van der Waals surface area contributed by atoms with E-state index in [1.165, 1.54) is 4.31 Å². The lowest BCUT2D eigenvalue weighted by molar-refractivity contribution is -0.0919. The number of nitrogens with zero attached hydrogens (tertiary/aromatic N) is 1. The van der Waals surface area contributed by atoms with E-state index in [4.69, 9.17) is 9.84 Å². The summed E-state index contributed by atoms with van der Waals surface area (Å²) >= 11 is 0. The number of carbonyl (C=O) groups is 1. The second-order valence-electron chi connectivity index (χ2n) is 5.81. The maximum Gasteiger partial charge on any atom is 0.506 e. The highest BCUT2D eigenvalue weighted by molar-refractivity contribution is 7.89. The standard InChI is InChI=1S/C17H17NO5S/c1-13-7-9-15(10-8-13)24(21,22)18-11-17(12-18,23-16(19)20)14-5-3-2-4-6-14/h2-10H,11-12H2,1H3,(H,19,20). The number of aryl methyl sites for hydroxylation is 1. The SMILES string of the molecule is Cc1ccc(S(=O)(=O)N2CC(OC(=O)O)(c3ccccc3)C2)cc1. The first-order valence-corrected chi connectivity index (χ1v) is 8.82. The van der Waals surface area contributed by atoms with Crippen LogP contribution in [0.15, 0.2) is 59.5 Å². The van der Waals surface area contributed by atoms with E-state index in [9.17, 15) is 13.2 Å². The van der Waals surface area contributed by atoms with E-state index < -0.39 is 21.8 Å². The fraction of sp³-hybridized carbons (Fsp3) is 0.235. The lowest BCUT2D eigenvalue weighted by Gasteiger charge is -2.47. The smallest absolute Gasteiger partial charge is 0.450 e. The first-order chi connectivity index (χ1) is 11.3. The van der Waals surface area contributed by atoms with E-state index in [0.717, 1.165) is 5.56 Å². The number of rotatable bonds is 4. The normalized spacial score (nSPS) is 17.0. The molecule has 0 spiro atoms. The molecule has 0 radical (unpaired) electrons. The summed E-state index contributed by atoms with van der Waals surface area (Å²) in [5, 5.41) is 9.02. The Morgan fingerprint density at radius 3 is 2.21 bits per heavy atom. The molecule has 0 saturated carbocycles. The first kappa shape index (κ1) is 16.5. The Balaban J connectivity index is 1.87. The summed E-state index contributed by atoms with van der Waals surface area (Å²) in [7, 11) is -3.67. The van der Waals surface area contributed by atoms with Crippen LogP contribution in [0, 0.1) is 6.92 Å². The summed E-state index contributed by atoms with van der Waals surface area (Å²) in [4.78, 5) is 11.2. The molecule has 0 aliphatic carbocycles. The van der Waals surface area contributed by atoms with Crippen molar-refractivity contribution in [2.75, 3.05) is 13.1 Å². The minimum Gasteiger partial charge on any atom is -0.450 e. The highest BCUT2D eigenvalue weighted by Gasteiger charge is 2.53. The van der Waals surface area contributed by atoms with Crippen molar-refractivity contribution in [3.05, 3.63) is 65.7 Å². The van der Waals surface area contributed by atoms with E-state index in [0.29, 0.717) is 5.56 Å². The van der Waals surface area contributed by atoms with Crippen molar-refractivity contribution in [3.8, 4) is 0 Å². The molecule has 1 heterocycles. The van der Waals surface area contributed by atoms with Crippen molar-refractivity contribution in [3.63, 3.8) is 0 Å². The molecule has 6 nitrogen and oxygen atoms in total. The summed E-state index contributed by atoms with van der Waals surface area (Å²) < 4.78 is 31.6. The van der Waals surface area contributed by atoms with Gasteiger partial charge in [-0.2, -0.15) is 4.31 Å². The van der Waals surface area contributed by atoms with Gasteiger partial charge in [0.1, 0.15) is 0 Å². The molecule has 2 aromatic rings. The zero-order chi connectivity index (χ0) is 17.4. The van der Waals surface area contributed by atoms with Crippen molar-refractivity contribution < 1.29 is 23.1 Å². The molecule has 1 aliphatic heterocycles. The van der Waals surface area contributed by atoms with Gasteiger partial charge in [0.2, 0.25) is 10.0 Å². The maximum atomic E-state index is 12.7. The molecule has 1 saturated heterocycles. The molecule has 0 bridgehead atoms. The zero-order valence-electron chi connectivity index (χ0n) is 13.0. The monoisotopic (exact) mass is 347 g/mol. The molecule has 0 amide bonds. The van der Waals surface area contributed by atoms with Crippen LogP contribution in [0.2, 0.25) is 0 Å². The lowest BCUT2D eigenvalue weighted by atomic mass is 9.88. The van der Waals surface area contributed by atoms with E-state index in [1.54, 1.807) is 54.6 Å². The Morgan fingerprint density at radius 1 is 1.08 bits per heavy atom. The first-order valence-electron chi connectivity index (χ1n) is 7.38. The van der Waals surface area contributed by atoms with Gasteiger partial charge in [0, 0.05) is 0 Å². The van der Waals surface area contributed by atoms with Gasteiger partial charge in [0.05, 0.1) is 18.0 Å². The van der Waals surface area contributed by atoms with E-state index in [-0.39, 0.29) is 18.0 Å². The predicted molar refractivity (Wildman–Crippen MR) is 87.2 cm³/mol. The molecule has 1 aliphatic rings. The predicted octanol–water partition coefficient (Wildman–Crippen LogP) is 2.59. The number of benzene rings is 2. The van der Waals surface area contributed by atoms with Gasteiger partial charge in [-0.15, -0.1) is 0 Å². The average molecular weight is 347 g/mol. The number of hydrogen-bond acceptors (Lipinski definition) is 4. The van der Waals surface area contributed by atoms with Crippen molar-refractivity contribution in [1.29, 1.82) is 0 Å². The van der Waals surface area contributed by atoms with Crippen LogP contribution in [0.1, 0.15) is 11.1 Å². The summed E-state index contributed by atoms with van der Waals surface area (Å²) in [6.45, 7) is 1.79. The van der Waals surface area contributed by atoms with Crippen LogP contribution < -0.4 is 0 Å². The molecule has 126 valence electrons. The molecule has 1 fully saturated rings. The van der Waals surface area contributed by atoms with Crippen molar-refractivity contribution in [2.24, 2.45) is 0 Å². The van der Waals surface area contributed by atoms with Crippen molar-refractivity contribution >= 4 is 16.2 Å². The lowest BCUT2D eigenvalue weighted by Crippen LogP contribution is -2.62.